The summed E-state index contributed by atoms with van der Waals surface area (Å²) >= 11 is 0. The van der Waals surface area contributed by atoms with E-state index in [1.54, 1.807) is 0 Å². The average Bonchev–Trinajstić information content (AvgIpc) is 2.18. The fourth-order valence-corrected chi connectivity index (χ4v) is 3.56. The quantitative estimate of drug-likeness (QED) is 0.740. The molecule has 0 saturated heterocycles. The summed E-state index contributed by atoms with van der Waals surface area (Å²) in [7, 11) is -3.09. The number of rotatable bonds is 4. The highest BCUT2D eigenvalue weighted by Crippen LogP contribution is 2.29. The van der Waals surface area contributed by atoms with Gasteiger partial charge in [-0.05, 0) is 25.7 Å². The van der Waals surface area contributed by atoms with Crippen LogP contribution in [0.25, 0.3) is 0 Å². The van der Waals surface area contributed by atoms with Crippen LogP contribution in [-0.4, -0.2) is 30.5 Å². The van der Waals surface area contributed by atoms with Crippen molar-refractivity contribution in [2.45, 2.75) is 30.9 Å². The number of hydrogen-bond donors (Lipinski definition) is 1. The van der Waals surface area contributed by atoms with Crippen molar-refractivity contribution in [2.24, 2.45) is 5.92 Å². The van der Waals surface area contributed by atoms with Crippen molar-refractivity contribution < 1.29 is 18.3 Å². The van der Waals surface area contributed by atoms with Crippen LogP contribution in [-0.2, 0) is 14.6 Å². The maximum Gasteiger partial charge on any atom is 0.306 e. The molecule has 1 aliphatic carbocycles. The molecule has 0 aromatic rings. The van der Waals surface area contributed by atoms with Crippen molar-refractivity contribution >= 4 is 15.8 Å². The molecule has 0 bridgehead atoms. The zero-order valence-corrected chi connectivity index (χ0v) is 9.37. The van der Waals surface area contributed by atoms with Crippen LogP contribution in [0, 0.1) is 5.92 Å². The lowest BCUT2D eigenvalue weighted by Gasteiger charge is -2.25. The van der Waals surface area contributed by atoms with E-state index in [0.29, 0.717) is 25.7 Å². The first-order valence-corrected chi connectivity index (χ1v) is 6.74. The third-order valence-electron chi connectivity index (χ3n) is 2.88. The standard InChI is InChI=1S/C10H16O4S/c1-2-7-15(13,14)9-5-3-8(4-6-9)10(11)12/h2,8-9H,1,3-7H2,(H,11,12). The number of carbonyl (C=O) groups is 1. The molecule has 0 radical (unpaired) electrons. The van der Waals surface area contributed by atoms with Crippen molar-refractivity contribution in [2.75, 3.05) is 5.75 Å². The highest BCUT2D eigenvalue weighted by molar-refractivity contribution is 7.92. The SMILES string of the molecule is C=CCS(=O)(=O)C1CCC(C(=O)O)CC1. The van der Waals surface area contributed by atoms with Crippen molar-refractivity contribution in [1.29, 1.82) is 0 Å². The molecule has 5 heteroatoms. The summed E-state index contributed by atoms with van der Waals surface area (Å²) in [6, 6.07) is 0. The Morgan fingerprint density at radius 3 is 2.27 bits per heavy atom. The summed E-state index contributed by atoms with van der Waals surface area (Å²) in [5, 5.41) is 8.40. The summed E-state index contributed by atoms with van der Waals surface area (Å²) in [5.41, 5.74) is 0. The molecule has 0 aliphatic heterocycles. The normalized spacial score (nSPS) is 27.2. The van der Waals surface area contributed by atoms with E-state index in [2.05, 4.69) is 6.58 Å². The van der Waals surface area contributed by atoms with Crippen LogP contribution in [0.2, 0.25) is 0 Å². The van der Waals surface area contributed by atoms with Gasteiger partial charge in [0.05, 0.1) is 16.9 Å². The smallest absolute Gasteiger partial charge is 0.306 e. The minimum Gasteiger partial charge on any atom is -0.481 e. The summed E-state index contributed by atoms with van der Waals surface area (Å²) in [6.07, 6.45) is 3.26. The van der Waals surface area contributed by atoms with Crippen LogP contribution in [0.3, 0.4) is 0 Å². The number of aliphatic carboxylic acids is 1. The van der Waals surface area contributed by atoms with E-state index in [4.69, 9.17) is 5.11 Å². The van der Waals surface area contributed by atoms with Gasteiger partial charge in [0.1, 0.15) is 0 Å². The van der Waals surface area contributed by atoms with Gasteiger partial charge in [-0.1, -0.05) is 6.08 Å². The number of carboxylic acid groups (broad SMARTS) is 1. The zero-order valence-electron chi connectivity index (χ0n) is 8.55. The van der Waals surface area contributed by atoms with Gasteiger partial charge in [-0.15, -0.1) is 6.58 Å². The van der Waals surface area contributed by atoms with Crippen LogP contribution in [0.1, 0.15) is 25.7 Å². The fourth-order valence-electron chi connectivity index (χ4n) is 1.97. The maximum atomic E-state index is 11.6. The van der Waals surface area contributed by atoms with Crippen molar-refractivity contribution in [3.8, 4) is 0 Å². The van der Waals surface area contributed by atoms with E-state index in [-0.39, 0.29) is 16.9 Å². The van der Waals surface area contributed by atoms with E-state index < -0.39 is 15.8 Å². The van der Waals surface area contributed by atoms with E-state index in [9.17, 15) is 13.2 Å². The van der Waals surface area contributed by atoms with Crippen molar-refractivity contribution in [3.05, 3.63) is 12.7 Å². The predicted octanol–water partition coefficient (Wildman–Crippen LogP) is 1.23. The minimum atomic E-state index is -3.09. The highest BCUT2D eigenvalue weighted by atomic mass is 32.2. The second-order valence-corrected chi connectivity index (χ2v) is 6.26. The van der Waals surface area contributed by atoms with Gasteiger partial charge in [0.2, 0.25) is 0 Å². The first kappa shape index (κ1) is 12.2. The Morgan fingerprint density at radius 2 is 1.87 bits per heavy atom. The Kier molecular flexibility index (Phi) is 3.90. The molecule has 15 heavy (non-hydrogen) atoms. The van der Waals surface area contributed by atoms with Gasteiger partial charge < -0.3 is 5.11 Å². The van der Waals surface area contributed by atoms with E-state index in [1.807, 2.05) is 0 Å². The number of hydrogen-bond acceptors (Lipinski definition) is 3. The predicted molar refractivity (Wildman–Crippen MR) is 57.4 cm³/mol. The van der Waals surface area contributed by atoms with Crippen LogP contribution < -0.4 is 0 Å². The Balaban J connectivity index is 2.57. The first-order valence-electron chi connectivity index (χ1n) is 5.02. The van der Waals surface area contributed by atoms with E-state index in [1.165, 1.54) is 6.08 Å². The van der Waals surface area contributed by atoms with Crippen LogP contribution in [0.15, 0.2) is 12.7 Å². The molecule has 0 spiro atoms. The van der Waals surface area contributed by atoms with E-state index >= 15 is 0 Å². The summed E-state index contributed by atoms with van der Waals surface area (Å²) < 4.78 is 23.3. The van der Waals surface area contributed by atoms with Gasteiger partial charge in [0.15, 0.2) is 9.84 Å². The summed E-state index contributed by atoms with van der Waals surface area (Å²) in [4.78, 5) is 10.7. The molecular formula is C10H16O4S. The molecule has 0 atom stereocenters. The molecule has 0 aromatic carbocycles. The Labute approximate surface area is 89.9 Å². The fraction of sp³-hybridized carbons (Fsp3) is 0.700. The summed E-state index contributed by atoms with van der Waals surface area (Å²) in [6.45, 7) is 3.41. The zero-order chi connectivity index (χ0) is 11.5. The minimum absolute atomic E-state index is 0.00456. The topological polar surface area (TPSA) is 71.4 Å². The number of carboxylic acids is 1. The molecule has 0 unspecified atom stereocenters. The first-order chi connectivity index (χ1) is 6.97. The van der Waals surface area contributed by atoms with Crippen LogP contribution in [0.5, 0.6) is 0 Å². The van der Waals surface area contributed by atoms with Gasteiger partial charge >= 0.3 is 5.97 Å². The molecule has 1 N–H and O–H groups in total. The molecule has 1 aliphatic rings. The van der Waals surface area contributed by atoms with E-state index in [0.717, 1.165) is 0 Å². The third kappa shape index (κ3) is 3.06. The molecule has 0 aromatic heterocycles. The average molecular weight is 232 g/mol. The largest absolute Gasteiger partial charge is 0.481 e. The van der Waals surface area contributed by atoms with Crippen LogP contribution in [0.4, 0.5) is 0 Å². The Bertz CT molecular complexity index is 336. The monoisotopic (exact) mass is 232 g/mol. The molecule has 4 nitrogen and oxygen atoms in total. The van der Waals surface area contributed by atoms with Crippen LogP contribution >= 0.6 is 0 Å². The second-order valence-electron chi connectivity index (χ2n) is 3.93. The van der Waals surface area contributed by atoms with Gasteiger partial charge in [0.25, 0.3) is 0 Å². The lowest BCUT2D eigenvalue weighted by atomic mass is 9.89. The number of sulfone groups is 1. The summed E-state index contributed by atoms with van der Waals surface area (Å²) in [5.74, 6) is -1.18. The lowest BCUT2D eigenvalue weighted by molar-refractivity contribution is -0.142. The lowest BCUT2D eigenvalue weighted by Crippen LogP contribution is -2.31. The Morgan fingerprint density at radius 1 is 1.33 bits per heavy atom. The third-order valence-corrected chi connectivity index (χ3v) is 5.07. The van der Waals surface area contributed by atoms with Gasteiger partial charge in [-0.3, -0.25) is 4.79 Å². The molecular weight excluding hydrogens is 216 g/mol. The molecule has 0 heterocycles. The Hall–Kier alpha value is -0.840. The second kappa shape index (κ2) is 4.79. The molecule has 1 fully saturated rings. The highest BCUT2D eigenvalue weighted by Gasteiger charge is 2.32. The van der Waals surface area contributed by atoms with Crippen molar-refractivity contribution in [3.63, 3.8) is 0 Å². The molecule has 0 amide bonds. The van der Waals surface area contributed by atoms with Gasteiger partial charge in [-0.2, -0.15) is 0 Å². The van der Waals surface area contributed by atoms with Gasteiger partial charge in [-0.25, -0.2) is 8.42 Å². The maximum absolute atomic E-state index is 11.6. The molecule has 1 rings (SSSR count). The molecule has 1 saturated carbocycles. The van der Waals surface area contributed by atoms with Gasteiger partial charge in [0, 0.05) is 0 Å². The van der Waals surface area contributed by atoms with Crippen molar-refractivity contribution in [1.82, 2.24) is 0 Å². The molecule has 86 valence electrons.